The lowest BCUT2D eigenvalue weighted by molar-refractivity contribution is -0.138. The second-order valence-corrected chi connectivity index (χ2v) is 5.86. The maximum atomic E-state index is 13.5. The summed E-state index contributed by atoms with van der Waals surface area (Å²) in [5.41, 5.74) is -2.33. The summed E-state index contributed by atoms with van der Waals surface area (Å²) in [4.78, 5) is 3.99. The van der Waals surface area contributed by atoms with Crippen LogP contribution in [0.4, 0.5) is 32.0 Å². The van der Waals surface area contributed by atoms with E-state index in [1.165, 1.54) is 12.1 Å². The molecule has 0 aliphatic carbocycles. The highest BCUT2D eigenvalue weighted by Crippen LogP contribution is 2.41. The van der Waals surface area contributed by atoms with Gasteiger partial charge in [-0.1, -0.05) is 6.92 Å². The fourth-order valence-corrected chi connectivity index (χ4v) is 2.61. The third-order valence-corrected chi connectivity index (χ3v) is 3.87. The van der Waals surface area contributed by atoms with Crippen LogP contribution in [-0.4, -0.2) is 11.5 Å². The van der Waals surface area contributed by atoms with Gasteiger partial charge in [-0.15, -0.1) is 0 Å². The zero-order chi connectivity index (χ0) is 19.8. The predicted octanol–water partition coefficient (Wildman–Crippen LogP) is 6.35. The summed E-state index contributed by atoms with van der Waals surface area (Å²) in [7, 11) is 0. The maximum Gasteiger partial charge on any atom is 0.422 e. The molecule has 1 N–H and O–H groups in total. The number of nitrogens with one attached hydrogen (secondary N) is 1. The summed E-state index contributed by atoms with van der Waals surface area (Å²) < 4.78 is 83.9. The molecule has 3 nitrogen and oxygen atoms in total. The van der Waals surface area contributed by atoms with Gasteiger partial charge in [0.2, 0.25) is 5.89 Å². The molecule has 0 radical (unpaired) electrons. The van der Waals surface area contributed by atoms with E-state index in [1.54, 1.807) is 0 Å². The number of hydrogen-bond donors (Lipinski definition) is 1. The minimum absolute atomic E-state index is 0.0285. The van der Waals surface area contributed by atoms with E-state index in [1.807, 2.05) is 6.92 Å². The van der Waals surface area contributed by atoms with E-state index >= 15 is 0 Å². The van der Waals surface area contributed by atoms with Crippen molar-refractivity contribution >= 4 is 16.8 Å². The summed E-state index contributed by atoms with van der Waals surface area (Å²) in [5.74, 6) is -0.183. The van der Waals surface area contributed by atoms with Crippen molar-refractivity contribution in [1.82, 2.24) is 4.98 Å². The SMILES string of the molecule is CCCNc1ccc2nc(-c3ccc(C(F)(F)F)cc3)oc2c1C(F)(F)F. The van der Waals surface area contributed by atoms with E-state index in [0.717, 1.165) is 24.3 Å². The van der Waals surface area contributed by atoms with E-state index < -0.39 is 29.1 Å². The number of alkyl halides is 6. The molecule has 144 valence electrons. The molecule has 27 heavy (non-hydrogen) atoms. The van der Waals surface area contributed by atoms with Gasteiger partial charge in [-0.3, -0.25) is 0 Å². The van der Waals surface area contributed by atoms with Crippen LogP contribution in [0, 0.1) is 0 Å². The molecular formula is C18H14F6N2O. The van der Waals surface area contributed by atoms with Crippen LogP contribution in [0.5, 0.6) is 0 Å². The van der Waals surface area contributed by atoms with Crippen molar-refractivity contribution in [3.05, 3.63) is 47.5 Å². The fraction of sp³-hybridized carbons (Fsp3) is 0.278. The molecule has 0 saturated carbocycles. The third-order valence-electron chi connectivity index (χ3n) is 3.87. The Hall–Kier alpha value is -2.71. The molecule has 0 spiro atoms. The second-order valence-electron chi connectivity index (χ2n) is 5.86. The largest absolute Gasteiger partial charge is 0.435 e. The first-order chi connectivity index (χ1) is 12.6. The summed E-state index contributed by atoms with van der Waals surface area (Å²) in [6.45, 7) is 2.16. The molecule has 1 aromatic heterocycles. The van der Waals surface area contributed by atoms with E-state index in [4.69, 9.17) is 4.42 Å². The van der Waals surface area contributed by atoms with Gasteiger partial charge < -0.3 is 9.73 Å². The highest BCUT2D eigenvalue weighted by Gasteiger charge is 2.38. The number of hydrogen-bond acceptors (Lipinski definition) is 3. The number of anilines is 1. The summed E-state index contributed by atoms with van der Waals surface area (Å²) >= 11 is 0. The Kier molecular flexibility index (Phi) is 4.79. The zero-order valence-electron chi connectivity index (χ0n) is 14.0. The van der Waals surface area contributed by atoms with Crippen LogP contribution in [-0.2, 0) is 12.4 Å². The molecule has 0 amide bonds. The van der Waals surface area contributed by atoms with Crippen molar-refractivity contribution in [2.24, 2.45) is 0 Å². The van der Waals surface area contributed by atoms with Gasteiger partial charge in [0.15, 0.2) is 5.58 Å². The third kappa shape index (κ3) is 3.86. The van der Waals surface area contributed by atoms with Crippen molar-refractivity contribution < 1.29 is 30.8 Å². The average Bonchev–Trinajstić information content (AvgIpc) is 3.01. The quantitative estimate of drug-likeness (QED) is 0.529. The minimum atomic E-state index is -4.69. The lowest BCUT2D eigenvalue weighted by Crippen LogP contribution is -2.11. The van der Waals surface area contributed by atoms with Crippen LogP contribution in [0.25, 0.3) is 22.6 Å². The Morgan fingerprint density at radius 3 is 2.15 bits per heavy atom. The lowest BCUT2D eigenvalue weighted by atomic mass is 10.1. The molecule has 2 aromatic carbocycles. The average molecular weight is 388 g/mol. The Morgan fingerprint density at radius 2 is 1.59 bits per heavy atom. The number of benzene rings is 2. The van der Waals surface area contributed by atoms with Gasteiger partial charge >= 0.3 is 12.4 Å². The van der Waals surface area contributed by atoms with Gasteiger partial charge in [0, 0.05) is 12.1 Å². The number of oxazole rings is 1. The molecule has 0 fully saturated rings. The first-order valence-electron chi connectivity index (χ1n) is 8.03. The van der Waals surface area contributed by atoms with E-state index in [9.17, 15) is 26.3 Å². The first kappa shape index (κ1) is 19.1. The van der Waals surface area contributed by atoms with Gasteiger partial charge in [-0.25, -0.2) is 4.98 Å². The van der Waals surface area contributed by atoms with Crippen molar-refractivity contribution in [2.45, 2.75) is 25.7 Å². The number of rotatable bonds is 4. The van der Waals surface area contributed by atoms with Gasteiger partial charge in [0.25, 0.3) is 0 Å². The molecular weight excluding hydrogens is 374 g/mol. The van der Waals surface area contributed by atoms with Crippen molar-refractivity contribution in [2.75, 3.05) is 11.9 Å². The second kappa shape index (κ2) is 6.79. The molecule has 0 aliphatic rings. The van der Waals surface area contributed by atoms with E-state index in [2.05, 4.69) is 10.3 Å². The van der Waals surface area contributed by atoms with Crippen LogP contribution < -0.4 is 5.32 Å². The van der Waals surface area contributed by atoms with Crippen molar-refractivity contribution in [1.29, 1.82) is 0 Å². The van der Waals surface area contributed by atoms with Crippen molar-refractivity contribution in [3.8, 4) is 11.5 Å². The van der Waals surface area contributed by atoms with Crippen LogP contribution >= 0.6 is 0 Å². The highest BCUT2D eigenvalue weighted by molar-refractivity contribution is 5.85. The topological polar surface area (TPSA) is 38.1 Å². The Bertz CT molecular complexity index is 941. The van der Waals surface area contributed by atoms with E-state index in [-0.39, 0.29) is 22.7 Å². The fourth-order valence-electron chi connectivity index (χ4n) is 2.61. The molecule has 3 aromatic rings. The zero-order valence-corrected chi connectivity index (χ0v) is 14.0. The van der Waals surface area contributed by atoms with Gasteiger partial charge in [0.05, 0.1) is 11.3 Å². The van der Waals surface area contributed by atoms with Gasteiger partial charge in [-0.05, 0) is 42.8 Å². The normalized spacial score (nSPS) is 12.6. The Morgan fingerprint density at radius 1 is 0.926 bits per heavy atom. The van der Waals surface area contributed by atoms with Crippen LogP contribution in [0.15, 0.2) is 40.8 Å². The number of halogens is 6. The lowest BCUT2D eigenvalue weighted by Gasteiger charge is -2.14. The molecule has 0 atom stereocenters. The summed E-state index contributed by atoms with van der Waals surface area (Å²) in [6, 6.07) is 6.50. The number of fused-ring (bicyclic) bond motifs is 1. The monoisotopic (exact) mass is 388 g/mol. The first-order valence-corrected chi connectivity index (χ1v) is 8.03. The summed E-state index contributed by atoms with van der Waals surface area (Å²) in [6.07, 6.45) is -8.57. The van der Waals surface area contributed by atoms with Gasteiger partial charge in [-0.2, -0.15) is 26.3 Å². The van der Waals surface area contributed by atoms with Crippen LogP contribution in [0.3, 0.4) is 0 Å². The van der Waals surface area contributed by atoms with Crippen LogP contribution in [0.1, 0.15) is 24.5 Å². The molecule has 9 heteroatoms. The van der Waals surface area contributed by atoms with E-state index in [0.29, 0.717) is 13.0 Å². The predicted molar refractivity (Wildman–Crippen MR) is 88.2 cm³/mol. The van der Waals surface area contributed by atoms with Crippen molar-refractivity contribution in [3.63, 3.8) is 0 Å². The van der Waals surface area contributed by atoms with Crippen LogP contribution in [0.2, 0.25) is 0 Å². The molecule has 0 bridgehead atoms. The maximum absolute atomic E-state index is 13.5. The minimum Gasteiger partial charge on any atom is -0.435 e. The number of nitrogens with zero attached hydrogens (tertiary/aromatic N) is 1. The summed E-state index contributed by atoms with van der Waals surface area (Å²) in [5, 5.41) is 2.70. The Balaban J connectivity index is 2.09. The molecule has 0 unspecified atom stereocenters. The molecule has 0 saturated heterocycles. The molecule has 0 aliphatic heterocycles. The standard InChI is InChI=1S/C18H14F6N2O/c1-2-9-25-12-7-8-13-15(14(12)18(22,23)24)27-16(26-13)10-3-5-11(6-4-10)17(19,20)21/h3-8,25H,2,9H2,1H3. The Labute approximate surface area is 150 Å². The highest BCUT2D eigenvalue weighted by atomic mass is 19.4. The number of aromatic nitrogens is 1. The smallest absolute Gasteiger partial charge is 0.422 e. The molecule has 3 rings (SSSR count). The molecule has 1 heterocycles. The van der Waals surface area contributed by atoms with Gasteiger partial charge in [0.1, 0.15) is 11.1 Å².